The van der Waals surface area contributed by atoms with Crippen molar-refractivity contribution >= 4 is 66.2 Å². The number of hydrogen-bond acceptors (Lipinski definition) is 10. The summed E-state index contributed by atoms with van der Waals surface area (Å²) in [7, 11) is 2.87. The Kier molecular flexibility index (Phi) is 9.56. The van der Waals surface area contributed by atoms with Crippen molar-refractivity contribution in [2.45, 2.75) is 32.6 Å². The number of Topliss-reactive ketones (excluding diaryl/α,β-unsaturated/α-hetero) is 3. The number of fused-ring (bicyclic) bond motifs is 2. The van der Waals surface area contributed by atoms with Crippen LogP contribution in [0, 0.1) is 5.82 Å². The average Bonchev–Trinajstić information content (AvgIpc) is 3.57. The number of methoxy groups -OCH3 is 2. The minimum atomic E-state index is -1.03. The molecule has 0 fully saturated rings. The van der Waals surface area contributed by atoms with Gasteiger partial charge in [-0.15, -0.1) is 22.7 Å². The predicted molar refractivity (Wildman–Crippen MR) is 153 cm³/mol. The van der Waals surface area contributed by atoms with Gasteiger partial charge in [0.15, 0.2) is 40.4 Å². The van der Waals surface area contributed by atoms with Crippen LogP contribution >= 0.6 is 22.7 Å². The fraction of sp³-hybridized carbons (Fsp3) is 0.310. The van der Waals surface area contributed by atoms with Crippen LogP contribution in [0.15, 0.2) is 30.3 Å². The summed E-state index contributed by atoms with van der Waals surface area (Å²) < 4.78 is 39.0. The molecule has 41 heavy (non-hydrogen) atoms. The third kappa shape index (κ3) is 7.01. The summed E-state index contributed by atoms with van der Waals surface area (Å²) in [6.07, 6.45) is -0.140. The van der Waals surface area contributed by atoms with Gasteiger partial charge >= 0.3 is 5.97 Å². The van der Waals surface area contributed by atoms with Crippen LogP contribution in [0.25, 0.3) is 20.2 Å². The fourth-order valence-electron chi connectivity index (χ4n) is 4.03. The maximum atomic E-state index is 15.4. The molecule has 0 spiro atoms. The highest BCUT2D eigenvalue weighted by Gasteiger charge is 2.21. The Morgan fingerprint density at radius 1 is 0.756 bits per heavy atom. The number of hydrogen-bond donors (Lipinski definition) is 1. The number of carbonyl (C=O) groups is 4. The highest BCUT2D eigenvalue weighted by Crippen LogP contribution is 2.41. The summed E-state index contributed by atoms with van der Waals surface area (Å²) in [5.41, 5.74) is 0. The molecule has 2 aromatic heterocycles. The molecule has 0 saturated carbocycles. The number of carboxylic acids is 1. The summed E-state index contributed by atoms with van der Waals surface area (Å²) in [5.74, 6) is -1.42. The number of ketones is 3. The molecule has 9 nitrogen and oxygen atoms in total. The molecule has 0 amide bonds. The molecule has 4 aromatic rings. The molecule has 0 aliphatic heterocycles. The number of aliphatic carboxylic acids is 1. The third-order valence-electron chi connectivity index (χ3n) is 6.11. The quantitative estimate of drug-likeness (QED) is 0.123. The number of rotatable bonds is 15. The molecule has 0 aliphatic rings. The van der Waals surface area contributed by atoms with Crippen molar-refractivity contribution in [2.24, 2.45) is 0 Å². The first-order valence-electron chi connectivity index (χ1n) is 12.6. The number of thiophene rings is 2. The van der Waals surface area contributed by atoms with Gasteiger partial charge in [0.1, 0.15) is 19.0 Å². The van der Waals surface area contributed by atoms with Crippen molar-refractivity contribution < 1.29 is 47.6 Å². The van der Waals surface area contributed by atoms with Gasteiger partial charge in [0.25, 0.3) is 0 Å². The van der Waals surface area contributed by atoms with Gasteiger partial charge in [-0.2, -0.15) is 0 Å². The normalized spacial score (nSPS) is 11.0. The molecule has 0 saturated heterocycles. The van der Waals surface area contributed by atoms with Gasteiger partial charge in [-0.05, 0) is 30.5 Å². The number of carbonyl (C=O) groups excluding carboxylic acids is 3. The van der Waals surface area contributed by atoms with Crippen LogP contribution in [0.1, 0.15) is 52.0 Å². The van der Waals surface area contributed by atoms with E-state index in [0.29, 0.717) is 26.0 Å². The van der Waals surface area contributed by atoms with Crippen LogP contribution in [-0.4, -0.2) is 55.9 Å². The largest absolute Gasteiger partial charge is 0.493 e. The van der Waals surface area contributed by atoms with Crippen molar-refractivity contribution in [3.63, 3.8) is 0 Å². The lowest BCUT2D eigenvalue weighted by Crippen LogP contribution is -2.11. The van der Waals surface area contributed by atoms with Crippen molar-refractivity contribution in [3.8, 4) is 23.0 Å². The topological polar surface area (TPSA) is 125 Å². The van der Waals surface area contributed by atoms with Crippen LogP contribution < -0.4 is 18.9 Å². The standard InChI is InChI=1S/C29H27FO9S2/c1-15(31)4-5-18(32)26-12-17-24(41-26)14-22(37-3)29(28(17)30)39-9-8-38-21-10-16-11-25(19(33)6-7-27(34)35)40-23(16)13-20(21)36-2/h10-14H,4-9H2,1-3H3,(H,34,35). The maximum Gasteiger partial charge on any atom is 0.303 e. The molecular formula is C29H27FO9S2. The number of halogens is 1. The highest BCUT2D eigenvalue weighted by molar-refractivity contribution is 7.21. The summed E-state index contributed by atoms with van der Waals surface area (Å²) in [4.78, 5) is 47.6. The van der Waals surface area contributed by atoms with E-state index in [1.54, 1.807) is 24.3 Å². The van der Waals surface area contributed by atoms with E-state index in [4.69, 9.17) is 24.1 Å². The lowest BCUT2D eigenvalue weighted by molar-refractivity contribution is -0.137. The zero-order valence-corrected chi connectivity index (χ0v) is 24.2. The van der Waals surface area contributed by atoms with E-state index in [1.807, 2.05) is 0 Å². The number of benzene rings is 2. The van der Waals surface area contributed by atoms with E-state index in [1.165, 1.54) is 38.5 Å². The Bertz CT molecular complexity index is 1640. The smallest absolute Gasteiger partial charge is 0.303 e. The molecule has 0 atom stereocenters. The third-order valence-corrected chi connectivity index (χ3v) is 8.37. The summed E-state index contributed by atoms with van der Waals surface area (Å²) in [5, 5.41) is 9.78. The molecular weight excluding hydrogens is 575 g/mol. The van der Waals surface area contributed by atoms with Crippen LogP contribution in [0.2, 0.25) is 0 Å². The van der Waals surface area contributed by atoms with Crippen molar-refractivity contribution in [1.82, 2.24) is 0 Å². The highest BCUT2D eigenvalue weighted by atomic mass is 32.1. The van der Waals surface area contributed by atoms with Gasteiger partial charge in [0.05, 0.1) is 30.4 Å². The van der Waals surface area contributed by atoms with Crippen LogP contribution in [0.3, 0.4) is 0 Å². The first-order chi connectivity index (χ1) is 19.6. The molecule has 1 N–H and O–H groups in total. The van der Waals surface area contributed by atoms with Gasteiger partial charge < -0.3 is 28.8 Å². The Labute approximate surface area is 242 Å². The van der Waals surface area contributed by atoms with Crippen molar-refractivity contribution in [1.29, 1.82) is 0 Å². The minimum Gasteiger partial charge on any atom is -0.493 e. The van der Waals surface area contributed by atoms with E-state index in [9.17, 15) is 19.2 Å². The first-order valence-corrected chi connectivity index (χ1v) is 14.2. The van der Waals surface area contributed by atoms with E-state index in [0.717, 1.165) is 21.4 Å². The second kappa shape index (κ2) is 13.1. The van der Waals surface area contributed by atoms with Gasteiger partial charge in [0.2, 0.25) is 0 Å². The second-order valence-corrected chi connectivity index (χ2v) is 11.2. The van der Waals surface area contributed by atoms with Crippen LogP contribution in [-0.2, 0) is 9.59 Å². The molecule has 0 bridgehead atoms. The van der Waals surface area contributed by atoms with E-state index in [-0.39, 0.29) is 73.1 Å². The zero-order valence-electron chi connectivity index (χ0n) is 22.5. The molecule has 216 valence electrons. The fourth-order valence-corrected chi connectivity index (χ4v) is 6.13. The SMILES string of the molecule is COc1cc2sc(C(=O)CCC(=O)O)cc2cc1OCCOc1c(OC)cc2sc(C(=O)CCC(C)=O)cc2c1F. The van der Waals surface area contributed by atoms with Gasteiger partial charge in [-0.1, -0.05) is 0 Å². The molecule has 2 heterocycles. The predicted octanol–water partition coefficient (Wildman–Crippen LogP) is 6.33. The Morgan fingerprint density at radius 2 is 1.37 bits per heavy atom. The van der Waals surface area contributed by atoms with Crippen LogP contribution in [0.4, 0.5) is 4.39 Å². The summed E-state index contributed by atoms with van der Waals surface area (Å²) in [6, 6.07) is 8.18. The van der Waals surface area contributed by atoms with Crippen molar-refractivity contribution in [3.05, 3.63) is 45.9 Å². The Balaban J connectivity index is 1.46. The lowest BCUT2D eigenvalue weighted by atomic mass is 10.1. The summed E-state index contributed by atoms with van der Waals surface area (Å²) in [6.45, 7) is 1.39. The number of ether oxygens (including phenoxy) is 4. The molecule has 12 heteroatoms. The van der Waals surface area contributed by atoms with E-state index in [2.05, 4.69) is 0 Å². The van der Waals surface area contributed by atoms with Crippen molar-refractivity contribution in [2.75, 3.05) is 27.4 Å². The molecule has 0 aliphatic carbocycles. The first kappa shape index (κ1) is 29.9. The maximum absolute atomic E-state index is 15.4. The van der Waals surface area contributed by atoms with Gasteiger partial charge in [-0.3, -0.25) is 14.4 Å². The number of carboxylic acid groups (broad SMARTS) is 1. The molecule has 0 unspecified atom stereocenters. The second-order valence-electron chi connectivity index (χ2n) is 9.03. The molecule has 2 aromatic carbocycles. The minimum absolute atomic E-state index is 0.0233. The zero-order chi connectivity index (χ0) is 29.7. The van der Waals surface area contributed by atoms with Crippen LogP contribution in [0.5, 0.6) is 23.0 Å². The van der Waals surface area contributed by atoms with Gasteiger partial charge in [0, 0.05) is 46.2 Å². The Hall–Kier alpha value is -4.03. The van der Waals surface area contributed by atoms with E-state index >= 15 is 4.39 Å². The summed E-state index contributed by atoms with van der Waals surface area (Å²) >= 11 is 2.37. The average molecular weight is 603 g/mol. The molecule has 4 rings (SSSR count). The monoisotopic (exact) mass is 602 g/mol. The Morgan fingerprint density at radius 3 is 2.02 bits per heavy atom. The molecule has 0 radical (unpaired) electrons. The lowest BCUT2D eigenvalue weighted by Gasteiger charge is -2.14. The van der Waals surface area contributed by atoms with E-state index < -0.39 is 11.8 Å². The van der Waals surface area contributed by atoms with Gasteiger partial charge in [-0.25, -0.2) is 4.39 Å².